The summed E-state index contributed by atoms with van der Waals surface area (Å²) in [5.41, 5.74) is 0. The fourth-order valence-corrected chi connectivity index (χ4v) is 1.27. The SMILES string of the molecule is CCCC/C=C/C(CCCC)OC. The average Bonchev–Trinajstić information content (AvgIpc) is 2.17. The maximum atomic E-state index is 5.35. The lowest BCUT2D eigenvalue weighted by Crippen LogP contribution is -2.05. The van der Waals surface area contributed by atoms with Crippen LogP contribution in [0, 0.1) is 0 Å². The van der Waals surface area contributed by atoms with Gasteiger partial charge in [-0.25, -0.2) is 0 Å². The molecular formula is C12H24O. The normalized spacial score (nSPS) is 13.8. The summed E-state index contributed by atoms with van der Waals surface area (Å²) < 4.78 is 5.35. The van der Waals surface area contributed by atoms with Gasteiger partial charge in [-0.2, -0.15) is 0 Å². The van der Waals surface area contributed by atoms with Crippen molar-refractivity contribution in [1.29, 1.82) is 0 Å². The highest BCUT2D eigenvalue weighted by atomic mass is 16.5. The van der Waals surface area contributed by atoms with Crippen LogP contribution in [0.5, 0.6) is 0 Å². The van der Waals surface area contributed by atoms with Gasteiger partial charge >= 0.3 is 0 Å². The summed E-state index contributed by atoms with van der Waals surface area (Å²) >= 11 is 0. The summed E-state index contributed by atoms with van der Waals surface area (Å²) in [4.78, 5) is 0. The minimum atomic E-state index is 0.344. The van der Waals surface area contributed by atoms with Gasteiger partial charge in [0.05, 0.1) is 6.10 Å². The fourth-order valence-electron chi connectivity index (χ4n) is 1.27. The Morgan fingerprint density at radius 3 is 2.38 bits per heavy atom. The van der Waals surface area contributed by atoms with Crippen LogP contribution in [0.4, 0.5) is 0 Å². The van der Waals surface area contributed by atoms with Crippen LogP contribution >= 0.6 is 0 Å². The van der Waals surface area contributed by atoms with Gasteiger partial charge in [0.2, 0.25) is 0 Å². The summed E-state index contributed by atoms with van der Waals surface area (Å²) in [6, 6.07) is 0. The first-order valence-electron chi connectivity index (χ1n) is 5.54. The molecule has 0 aliphatic rings. The monoisotopic (exact) mass is 184 g/mol. The maximum Gasteiger partial charge on any atom is 0.0752 e. The Morgan fingerprint density at radius 2 is 1.85 bits per heavy atom. The smallest absolute Gasteiger partial charge is 0.0752 e. The van der Waals surface area contributed by atoms with Crippen LogP contribution in [-0.4, -0.2) is 13.2 Å². The van der Waals surface area contributed by atoms with E-state index in [4.69, 9.17) is 4.74 Å². The van der Waals surface area contributed by atoms with Crippen molar-refractivity contribution < 1.29 is 4.74 Å². The zero-order valence-electron chi connectivity index (χ0n) is 9.38. The number of hydrogen-bond acceptors (Lipinski definition) is 1. The molecule has 13 heavy (non-hydrogen) atoms. The molecule has 0 saturated carbocycles. The largest absolute Gasteiger partial charge is 0.377 e. The minimum absolute atomic E-state index is 0.344. The highest BCUT2D eigenvalue weighted by Gasteiger charge is 1.99. The first kappa shape index (κ1) is 12.7. The molecule has 0 N–H and O–H groups in total. The van der Waals surface area contributed by atoms with Crippen molar-refractivity contribution in [1.82, 2.24) is 0 Å². The number of ether oxygens (including phenoxy) is 1. The van der Waals surface area contributed by atoms with Crippen LogP contribution < -0.4 is 0 Å². The molecule has 1 heteroatoms. The number of rotatable bonds is 8. The predicted octanol–water partition coefficient (Wildman–Crippen LogP) is 3.94. The summed E-state index contributed by atoms with van der Waals surface area (Å²) in [5, 5.41) is 0. The Morgan fingerprint density at radius 1 is 1.15 bits per heavy atom. The highest BCUT2D eigenvalue weighted by Crippen LogP contribution is 2.06. The zero-order chi connectivity index (χ0) is 9.94. The van der Waals surface area contributed by atoms with Gasteiger partial charge in [0.25, 0.3) is 0 Å². The van der Waals surface area contributed by atoms with Crippen molar-refractivity contribution in [2.24, 2.45) is 0 Å². The molecule has 0 heterocycles. The summed E-state index contributed by atoms with van der Waals surface area (Å²) in [5.74, 6) is 0. The molecule has 1 nitrogen and oxygen atoms in total. The fraction of sp³-hybridized carbons (Fsp3) is 0.833. The van der Waals surface area contributed by atoms with Crippen LogP contribution in [0.3, 0.4) is 0 Å². The second-order valence-corrected chi connectivity index (χ2v) is 3.49. The molecular weight excluding hydrogens is 160 g/mol. The number of hydrogen-bond donors (Lipinski definition) is 0. The van der Waals surface area contributed by atoms with Gasteiger partial charge in [-0.05, 0) is 12.8 Å². The molecule has 78 valence electrons. The molecule has 1 atom stereocenters. The zero-order valence-corrected chi connectivity index (χ0v) is 9.38. The topological polar surface area (TPSA) is 9.23 Å². The third-order valence-corrected chi connectivity index (χ3v) is 2.22. The third-order valence-electron chi connectivity index (χ3n) is 2.22. The standard InChI is InChI=1S/C12H24O/c1-4-6-8-9-11-12(13-3)10-7-5-2/h9,11-12H,4-8,10H2,1-3H3/b11-9+. The van der Waals surface area contributed by atoms with E-state index in [-0.39, 0.29) is 0 Å². The molecule has 0 aromatic rings. The highest BCUT2D eigenvalue weighted by molar-refractivity contribution is 4.89. The Hall–Kier alpha value is -0.300. The van der Waals surface area contributed by atoms with Crippen LogP contribution in [0.1, 0.15) is 52.4 Å². The van der Waals surface area contributed by atoms with Gasteiger partial charge in [-0.15, -0.1) is 0 Å². The van der Waals surface area contributed by atoms with Gasteiger partial charge in [-0.1, -0.05) is 51.7 Å². The van der Waals surface area contributed by atoms with Crippen molar-refractivity contribution in [2.45, 2.75) is 58.5 Å². The van der Waals surface area contributed by atoms with Gasteiger partial charge in [0.1, 0.15) is 0 Å². The van der Waals surface area contributed by atoms with Gasteiger partial charge < -0.3 is 4.74 Å². The van der Waals surface area contributed by atoms with E-state index >= 15 is 0 Å². The van der Waals surface area contributed by atoms with Crippen molar-refractivity contribution in [3.63, 3.8) is 0 Å². The van der Waals surface area contributed by atoms with E-state index in [1.54, 1.807) is 7.11 Å². The Balaban J connectivity index is 3.50. The molecule has 0 aromatic carbocycles. The quantitative estimate of drug-likeness (QED) is 0.410. The van der Waals surface area contributed by atoms with Crippen LogP contribution in [-0.2, 0) is 4.74 Å². The predicted molar refractivity (Wildman–Crippen MR) is 59.0 cm³/mol. The number of unbranched alkanes of at least 4 members (excludes halogenated alkanes) is 3. The van der Waals surface area contributed by atoms with Crippen molar-refractivity contribution in [3.8, 4) is 0 Å². The molecule has 1 unspecified atom stereocenters. The average molecular weight is 184 g/mol. The Bertz CT molecular complexity index is 118. The molecule has 0 aliphatic heterocycles. The van der Waals surface area contributed by atoms with Crippen LogP contribution in [0.15, 0.2) is 12.2 Å². The second kappa shape index (κ2) is 9.79. The molecule has 0 aromatic heterocycles. The van der Waals surface area contributed by atoms with Gasteiger partial charge in [0.15, 0.2) is 0 Å². The van der Waals surface area contributed by atoms with Crippen molar-refractivity contribution in [3.05, 3.63) is 12.2 Å². The van der Waals surface area contributed by atoms with E-state index < -0.39 is 0 Å². The van der Waals surface area contributed by atoms with E-state index in [0.29, 0.717) is 6.10 Å². The van der Waals surface area contributed by atoms with Crippen molar-refractivity contribution in [2.75, 3.05) is 7.11 Å². The van der Waals surface area contributed by atoms with E-state index in [1.165, 1.54) is 32.1 Å². The molecule has 0 saturated heterocycles. The lowest BCUT2D eigenvalue weighted by atomic mass is 10.1. The summed E-state index contributed by atoms with van der Waals surface area (Å²) in [6.45, 7) is 4.44. The number of allylic oxidation sites excluding steroid dienone is 1. The first-order chi connectivity index (χ1) is 6.35. The second-order valence-electron chi connectivity index (χ2n) is 3.49. The van der Waals surface area contributed by atoms with Crippen LogP contribution in [0.2, 0.25) is 0 Å². The summed E-state index contributed by atoms with van der Waals surface area (Å²) in [7, 11) is 1.80. The lowest BCUT2D eigenvalue weighted by Gasteiger charge is -2.09. The van der Waals surface area contributed by atoms with E-state index in [9.17, 15) is 0 Å². The van der Waals surface area contributed by atoms with Crippen molar-refractivity contribution >= 4 is 0 Å². The maximum absolute atomic E-state index is 5.35. The summed E-state index contributed by atoms with van der Waals surface area (Å²) in [6.07, 6.45) is 12.3. The number of methoxy groups -OCH3 is 1. The van der Waals surface area contributed by atoms with Crippen LogP contribution in [0.25, 0.3) is 0 Å². The molecule has 0 fully saturated rings. The molecule has 0 spiro atoms. The third kappa shape index (κ3) is 8.04. The Kier molecular flexibility index (Phi) is 9.56. The molecule has 0 amide bonds. The lowest BCUT2D eigenvalue weighted by molar-refractivity contribution is 0.131. The molecule has 0 aliphatic carbocycles. The van der Waals surface area contributed by atoms with E-state index in [0.717, 1.165) is 6.42 Å². The van der Waals surface area contributed by atoms with E-state index in [1.807, 2.05) is 0 Å². The first-order valence-corrected chi connectivity index (χ1v) is 5.54. The molecule has 0 bridgehead atoms. The molecule has 0 radical (unpaired) electrons. The van der Waals surface area contributed by atoms with Gasteiger partial charge in [0, 0.05) is 7.11 Å². The molecule has 0 rings (SSSR count). The van der Waals surface area contributed by atoms with E-state index in [2.05, 4.69) is 26.0 Å². The minimum Gasteiger partial charge on any atom is -0.377 e. The van der Waals surface area contributed by atoms with Gasteiger partial charge in [-0.3, -0.25) is 0 Å². The Labute approximate surface area is 83.2 Å².